The molecule has 0 bridgehead atoms. The van der Waals surface area contributed by atoms with E-state index in [1.165, 1.54) is 31.7 Å². The Kier molecular flexibility index (Phi) is 32.4. The Labute approximate surface area is 407 Å². The van der Waals surface area contributed by atoms with E-state index in [1.807, 2.05) is 30.4 Å². The normalized spacial score (nSPS) is 20.3. The van der Waals surface area contributed by atoms with Gasteiger partial charge in [0.05, 0.1) is 19.3 Å². The zero-order valence-electron chi connectivity index (χ0n) is 40.5. The standard InChI is InChI=1S/C48H79N3O16P2/c1-3-5-6-7-8-9-10-12-17-20-23-26-29-33-44(54)65-40(36-62-43(53)32-28-25-22-19-16-14-11-13-15-18-21-24-27-31-39(52)30-4-2)37-63-68(58,59)67-69(60,61)64-38-41-45(55)46(56)47(66-41)51-35-34-42(49)50-48(51)57/h9-11,14-15,18-19,22,24,27,34-35,39-41,45-47,52,55-56H,3-8,12-13,16-17,20-21,23,25-26,28-33,36-38H2,1-2H3,(H,58,59)(H,60,61)(H2,49,50,57)/b10-9-,14-11-,18-15-,22-19-,27-24-/t39?,40-,41-,45-,46-,47-/m1/s1. The van der Waals surface area contributed by atoms with Gasteiger partial charge < -0.3 is 45.1 Å². The number of aliphatic hydroxyl groups is 3. The lowest BCUT2D eigenvalue weighted by Gasteiger charge is -2.21. The maximum Gasteiger partial charge on any atom is 0.481 e. The number of hydrogen-bond donors (Lipinski definition) is 6. The molecule has 0 amide bonds. The van der Waals surface area contributed by atoms with E-state index in [2.05, 4.69) is 53.5 Å². The van der Waals surface area contributed by atoms with Crippen molar-refractivity contribution < 1.29 is 71.4 Å². The number of aliphatic hydroxyl groups excluding tert-OH is 3. The van der Waals surface area contributed by atoms with Crippen molar-refractivity contribution in [3.8, 4) is 0 Å². The lowest BCUT2D eigenvalue weighted by molar-refractivity contribution is -0.161. The van der Waals surface area contributed by atoms with Crippen molar-refractivity contribution in [1.82, 2.24) is 9.55 Å². The quantitative estimate of drug-likeness (QED) is 0.0156. The first-order valence-corrected chi connectivity index (χ1v) is 27.4. The third kappa shape index (κ3) is 29.4. The van der Waals surface area contributed by atoms with Gasteiger partial charge in [0.25, 0.3) is 0 Å². The number of rotatable bonds is 39. The molecule has 21 heteroatoms. The number of phosphoric acid groups is 2. The van der Waals surface area contributed by atoms with Crippen LogP contribution in [-0.4, -0.2) is 96.9 Å². The van der Waals surface area contributed by atoms with Crippen LogP contribution in [0.5, 0.6) is 0 Å². The summed E-state index contributed by atoms with van der Waals surface area (Å²) in [4.78, 5) is 61.8. The average molecular weight is 1020 g/mol. The highest BCUT2D eigenvalue weighted by molar-refractivity contribution is 7.61. The molecule has 19 nitrogen and oxygen atoms in total. The zero-order valence-corrected chi connectivity index (χ0v) is 42.2. The number of allylic oxidation sites excluding steroid dienone is 9. The van der Waals surface area contributed by atoms with E-state index in [1.54, 1.807) is 0 Å². The molecular formula is C48H79N3O16P2. The number of phosphoric ester groups is 2. The molecule has 1 saturated heterocycles. The van der Waals surface area contributed by atoms with Crippen LogP contribution in [0.25, 0.3) is 0 Å². The van der Waals surface area contributed by atoms with E-state index in [4.69, 9.17) is 29.0 Å². The second-order valence-corrected chi connectivity index (χ2v) is 19.8. The highest BCUT2D eigenvalue weighted by atomic mass is 31.3. The molecule has 0 aromatic carbocycles. The molecule has 1 fully saturated rings. The second-order valence-electron chi connectivity index (χ2n) is 16.8. The summed E-state index contributed by atoms with van der Waals surface area (Å²) >= 11 is 0. The number of aromatic nitrogens is 2. The minimum Gasteiger partial charge on any atom is -0.462 e. The van der Waals surface area contributed by atoms with Crippen molar-refractivity contribution >= 4 is 33.4 Å². The van der Waals surface area contributed by atoms with Gasteiger partial charge >= 0.3 is 33.3 Å². The summed E-state index contributed by atoms with van der Waals surface area (Å²) in [7, 11) is -10.9. The second kappa shape index (κ2) is 36.4. The molecule has 0 radical (unpaired) electrons. The molecular weight excluding hydrogens is 936 g/mol. The largest absolute Gasteiger partial charge is 0.481 e. The van der Waals surface area contributed by atoms with E-state index >= 15 is 0 Å². The van der Waals surface area contributed by atoms with Gasteiger partial charge in [0.15, 0.2) is 12.3 Å². The van der Waals surface area contributed by atoms with E-state index in [0.717, 1.165) is 81.4 Å². The van der Waals surface area contributed by atoms with E-state index in [0.29, 0.717) is 25.7 Å². The summed E-state index contributed by atoms with van der Waals surface area (Å²) in [5.74, 6) is -1.40. The Morgan fingerprint density at radius 1 is 0.754 bits per heavy atom. The van der Waals surface area contributed by atoms with Crippen LogP contribution in [0.2, 0.25) is 0 Å². The Hall–Kier alpha value is -3.58. The highest BCUT2D eigenvalue weighted by Gasteiger charge is 2.46. The van der Waals surface area contributed by atoms with Crippen LogP contribution in [0, 0.1) is 0 Å². The van der Waals surface area contributed by atoms with Crippen LogP contribution in [0.1, 0.15) is 155 Å². The van der Waals surface area contributed by atoms with Crippen molar-refractivity contribution in [2.75, 3.05) is 25.6 Å². The van der Waals surface area contributed by atoms with Gasteiger partial charge in [-0.3, -0.25) is 23.2 Å². The number of anilines is 1. The smallest absolute Gasteiger partial charge is 0.462 e. The van der Waals surface area contributed by atoms with Crippen molar-refractivity contribution in [2.45, 2.75) is 185 Å². The maximum absolute atomic E-state index is 12.8. The summed E-state index contributed by atoms with van der Waals surface area (Å²) in [6, 6.07) is 1.24. The van der Waals surface area contributed by atoms with Gasteiger partial charge in [-0.1, -0.05) is 120 Å². The van der Waals surface area contributed by atoms with Crippen LogP contribution in [0.3, 0.4) is 0 Å². The average Bonchev–Trinajstić information content (AvgIpc) is 3.57. The molecule has 0 spiro atoms. The zero-order chi connectivity index (χ0) is 50.8. The molecule has 8 atom stereocenters. The molecule has 392 valence electrons. The van der Waals surface area contributed by atoms with Crippen molar-refractivity contribution in [2.24, 2.45) is 0 Å². The maximum atomic E-state index is 12.8. The van der Waals surface area contributed by atoms with Crippen LogP contribution >= 0.6 is 15.6 Å². The molecule has 1 aliphatic rings. The van der Waals surface area contributed by atoms with Gasteiger partial charge in [-0.05, 0) is 83.1 Å². The first-order valence-electron chi connectivity index (χ1n) is 24.4. The number of hydrogen-bond acceptors (Lipinski definition) is 16. The Balaban J connectivity index is 1.84. The fraction of sp³-hybridized carbons (Fsp3) is 0.667. The van der Waals surface area contributed by atoms with Gasteiger partial charge in [0.1, 0.15) is 30.7 Å². The van der Waals surface area contributed by atoms with Gasteiger partial charge in [0, 0.05) is 19.0 Å². The highest BCUT2D eigenvalue weighted by Crippen LogP contribution is 2.60. The van der Waals surface area contributed by atoms with Crippen molar-refractivity contribution in [1.29, 1.82) is 0 Å². The van der Waals surface area contributed by atoms with Crippen LogP contribution < -0.4 is 11.4 Å². The van der Waals surface area contributed by atoms with Crippen LogP contribution in [0.4, 0.5) is 5.82 Å². The summed E-state index contributed by atoms with van der Waals surface area (Å²) in [6.07, 6.45) is 30.9. The fourth-order valence-electron chi connectivity index (χ4n) is 6.84. The van der Waals surface area contributed by atoms with Crippen molar-refractivity contribution in [3.05, 3.63) is 83.5 Å². The van der Waals surface area contributed by atoms with Gasteiger partial charge in [0.2, 0.25) is 0 Å². The molecule has 2 rings (SSSR count). The number of carbonyl (C=O) groups excluding carboxylic acids is 2. The Morgan fingerprint density at radius 2 is 1.32 bits per heavy atom. The van der Waals surface area contributed by atoms with Crippen LogP contribution in [-0.2, 0) is 46.3 Å². The topological polar surface area (TPSA) is 286 Å². The molecule has 1 aromatic heterocycles. The molecule has 0 aliphatic carbocycles. The van der Waals surface area contributed by atoms with E-state index < -0.39 is 83.7 Å². The summed E-state index contributed by atoms with van der Waals surface area (Å²) in [5, 5.41) is 30.6. The number of carbonyl (C=O) groups is 2. The van der Waals surface area contributed by atoms with Crippen molar-refractivity contribution in [3.63, 3.8) is 0 Å². The first kappa shape index (κ1) is 61.5. The number of nitrogens with two attached hydrogens (primary N) is 1. The number of ether oxygens (including phenoxy) is 3. The number of nitrogen functional groups attached to an aromatic ring is 1. The minimum atomic E-state index is -5.44. The van der Waals surface area contributed by atoms with Gasteiger partial charge in [-0.25, -0.2) is 13.9 Å². The molecule has 0 saturated carbocycles. The van der Waals surface area contributed by atoms with Gasteiger partial charge in [-0.15, -0.1) is 0 Å². The first-order chi connectivity index (χ1) is 33.1. The van der Waals surface area contributed by atoms with E-state index in [-0.39, 0.29) is 24.8 Å². The van der Waals surface area contributed by atoms with Crippen LogP contribution in [0.15, 0.2) is 77.8 Å². The lowest BCUT2D eigenvalue weighted by atomic mass is 10.1. The van der Waals surface area contributed by atoms with E-state index in [9.17, 15) is 48.6 Å². The monoisotopic (exact) mass is 1020 g/mol. The van der Waals surface area contributed by atoms with Gasteiger partial charge in [-0.2, -0.15) is 9.29 Å². The Morgan fingerprint density at radius 3 is 1.97 bits per heavy atom. The number of unbranched alkanes of at least 4 members (excludes halogenated alkanes) is 10. The summed E-state index contributed by atoms with van der Waals surface area (Å²) in [5.41, 5.74) is 4.57. The third-order valence-electron chi connectivity index (χ3n) is 10.6. The predicted molar refractivity (Wildman–Crippen MR) is 262 cm³/mol. The summed E-state index contributed by atoms with van der Waals surface area (Å²) in [6.45, 7) is 1.86. The molecule has 7 N–H and O–H groups in total. The summed E-state index contributed by atoms with van der Waals surface area (Å²) < 4.78 is 56.6. The molecule has 1 aliphatic heterocycles. The molecule has 1 aromatic rings. The minimum absolute atomic E-state index is 0.0186. The Bertz CT molecular complexity index is 1910. The third-order valence-corrected chi connectivity index (χ3v) is 13.2. The fourth-order valence-corrected chi connectivity index (χ4v) is 8.95. The SMILES string of the molecule is CCCCCC/C=C\CCCCCCCC(=O)O[C@H](COC(=O)CCC/C=C\C/C=C\C/C=C\C/C=C\CC(O)CCC)COP(=O)(O)OP(=O)(O)OC[C@H]1O[C@@H](n2ccc(N)nc2=O)[C@H](O)[C@@H]1O. The number of esters is 2. The molecule has 2 heterocycles. The number of nitrogens with zero attached hydrogens (tertiary/aromatic N) is 2. The predicted octanol–water partition coefficient (Wildman–Crippen LogP) is 8.52. The lowest BCUT2D eigenvalue weighted by Crippen LogP contribution is -2.36. The molecule has 3 unspecified atom stereocenters. The molecule has 69 heavy (non-hydrogen) atoms.